The third-order valence-electron chi connectivity index (χ3n) is 3.58. The fraction of sp³-hybridized carbons (Fsp3) is 0.929. The highest BCUT2D eigenvalue weighted by Gasteiger charge is 2.36. The Hall–Kier alpha value is -0.810. The van der Waals surface area contributed by atoms with E-state index in [0.29, 0.717) is 11.5 Å². The average molecular weight is 270 g/mol. The van der Waals surface area contributed by atoms with Crippen LogP contribution < -0.4 is 10.6 Å². The first kappa shape index (κ1) is 14.6. The molecule has 1 amide bonds. The minimum absolute atomic E-state index is 0.248. The van der Waals surface area contributed by atoms with Gasteiger partial charge in [-0.15, -0.1) is 0 Å². The van der Waals surface area contributed by atoms with Gasteiger partial charge in [0.25, 0.3) is 0 Å². The Balaban J connectivity index is 1.57. The topological polar surface area (TPSA) is 59.6 Å². The molecule has 0 aromatic rings. The molecule has 19 heavy (non-hydrogen) atoms. The Morgan fingerprint density at radius 3 is 2.42 bits per heavy atom. The molecule has 0 aromatic carbocycles. The van der Waals surface area contributed by atoms with Crippen LogP contribution in [-0.2, 0) is 9.47 Å². The Kier molecular flexibility index (Phi) is 4.06. The van der Waals surface area contributed by atoms with E-state index in [4.69, 9.17) is 9.47 Å². The summed E-state index contributed by atoms with van der Waals surface area (Å²) in [4.78, 5) is 11.6. The van der Waals surface area contributed by atoms with Crippen molar-refractivity contribution in [3.05, 3.63) is 0 Å². The highest BCUT2D eigenvalue weighted by Crippen LogP contribution is 2.27. The van der Waals surface area contributed by atoms with Gasteiger partial charge in [0.1, 0.15) is 5.60 Å². The summed E-state index contributed by atoms with van der Waals surface area (Å²) in [6.45, 7) is 10.6. The van der Waals surface area contributed by atoms with Crippen molar-refractivity contribution >= 4 is 6.09 Å². The maximum atomic E-state index is 11.6. The number of alkyl carbamates (subject to hydrolysis) is 1. The van der Waals surface area contributed by atoms with Gasteiger partial charge in [0.2, 0.25) is 0 Å². The van der Waals surface area contributed by atoms with Gasteiger partial charge in [0, 0.05) is 24.0 Å². The van der Waals surface area contributed by atoms with Crippen LogP contribution >= 0.6 is 0 Å². The lowest BCUT2D eigenvalue weighted by molar-refractivity contribution is -0.101. The summed E-state index contributed by atoms with van der Waals surface area (Å²) in [5.41, 5.74) is -0.117. The van der Waals surface area contributed by atoms with Gasteiger partial charge in [-0.05, 0) is 33.6 Å². The van der Waals surface area contributed by atoms with Gasteiger partial charge < -0.3 is 20.1 Å². The van der Waals surface area contributed by atoms with Crippen molar-refractivity contribution in [2.45, 2.75) is 58.2 Å². The van der Waals surface area contributed by atoms with E-state index in [2.05, 4.69) is 17.6 Å². The molecule has 0 bridgehead atoms. The number of nitrogens with one attached hydrogen (secondary N) is 2. The number of carbonyl (C=O) groups excluding carboxylic acids is 1. The molecule has 2 aliphatic rings. The van der Waals surface area contributed by atoms with Crippen molar-refractivity contribution in [3.8, 4) is 0 Å². The Morgan fingerprint density at radius 2 is 1.95 bits per heavy atom. The van der Waals surface area contributed by atoms with Gasteiger partial charge in [0.15, 0.2) is 0 Å². The van der Waals surface area contributed by atoms with Crippen molar-refractivity contribution in [2.24, 2.45) is 5.41 Å². The second-order valence-electron chi connectivity index (χ2n) is 7.20. The van der Waals surface area contributed by atoms with Crippen molar-refractivity contribution < 1.29 is 14.3 Å². The van der Waals surface area contributed by atoms with Gasteiger partial charge >= 0.3 is 6.09 Å². The lowest BCUT2D eigenvalue weighted by atomic mass is 9.84. The lowest BCUT2D eigenvalue weighted by Gasteiger charge is -2.42. The molecule has 5 heteroatoms. The molecular weight excluding hydrogens is 244 g/mol. The molecule has 5 nitrogen and oxygen atoms in total. The first-order valence-electron chi connectivity index (χ1n) is 7.06. The maximum absolute atomic E-state index is 11.6. The number of hydrogen-bond acceptors (Lipinski definition) is 4. The largest absolute Gasteiger partial charge is 0.444 e. The molecule has 2 fully saturated rings. The van der Waals surface area contributed by atoms with Crippen molar-refractivity contribution in [1.29, 1.82) is 0 Å². The van der Waals surface area contributed by atoms with Crippen LogP contribution in [0.1, 0.15) is 40.5 Å². The molecule has 1 aliphatic heterocycles. The van der Waals surface area contributed by atoms with E-state index in [1.54, 1.807) is 0 Å². The second kappa shape index (κ2) is 5.29. The van der Waals surface area contributed by atoms with Gasteiger partial charge in [-0.25, -0.2) is 4.79 Å². The first-order chi connectivity index (χ1) is 8.76. The van der Waals surface area contributed by atoms with Crippen molar-refractivity contribution in [1.82, 2.24) is 10.6 Å². The molecule has 0 aromatic heterocycles. The van der Waals surface area contributed by atoms with Crippen LogP contribution in [0.4, 0.5) is 4.79 Å². The monoisotopic (exact) mass is 270 g/mol. The third kappa shape index (κ3) is 4.35. The fourth-order valence-electron chi connectivity index (χ4n) is 2.32. The fourth-order valence-corrected chi connectivity index (χ4v) is 2.32. The summed E-state index contributed by atoms with van der Waals surface area (Å²) < 4.78 is 10.5. The Bertz CT molecular complexity index is 328. The van der Waals surface area contributed by atoms with Crippen LogP contribution in [0.15, 0.2) is 0 Å². The quantitative estimate of drug-likeness (QED) is 0.816. The van der Waals surface area contributed by atoms with Crippen molar-refractivity contribution in [2.75, 3.05) is 19.8 Å². The molecule has 2 rings (SSSR count). The van der Waals surface area contributed by atoms with Gasteiger partial charge in [-0.3, -0.25) is 0 Å². The van der Waals surface area contributed by atoms with Crippen LogP contribution in [0.25, 0.3) is 0 Å². The van der Waals surface area contributed by atoms with E-state index >= 15 is 0 Å². The minimum atomic E-state index is -0.426. The Morgan fingerprint density at radius 1 is 1.32 bits per heavy atom. The second-order valence-corrected chi connectivity index (χ2v) is 7.20. The highest BCUT2D eigenvalue weighted by atomic mass is 16.6. The minimum Gasteiger partial charge on any atom is -0.444 e. The van der Waals surface area contributed by atoms with E-state index in [1.165, 1.54) is 0 Å². The molecule has 1 saturated heterocycles. The van der Waals surface area contributed by atoms with Crippen molar-refractivity contribution in [3.63, 3.8) is 0 Å². The molecule has 2 N–H and O–H groups in total. The summed E-state index contributed by atoms with van der Waals surface area (Å²) in [6.07, 6.45) is 1.65. The van der Waals surface area contributed by atoms with Gasteiger partial charge in [-0.2, -0.15) is 0 Å². The number of rotatable bonds is 4. The van der Waals surface area contributed by atoms with E-state index in [-0.39, 0.29) is 12.1 Å². The molecular formula is C14H26N2O3. The predicted molar refractivity (Wildman–Crippen MR) is 73.1 cm³/mol. The molecule has 0 unspecified atom stereocenters. The maximum Gasteiger partial charge on any atom is 0.407 e. The highest BCUT2D eigenvalue weighted by molar-refractivity contribution is 5.68. The van der Waals surface area contributed by atoms with E-state index < -0.39 is 5.60 Å². The van der Waals surface area contributed by atoms with Crippen LogP contribution in [-0.4, -0.2) is 43.5 Å². The van der Waals surface area contributed by atoms with Crippen LogP contribution in [0.2, 0.25) is 0 Å². The SMILES string of the molecule is CC1(CNC2CC(NC(=O)OC(C)(C)C)C2)COC1. The molecule has 0 radical (unpaired) electrons. The summed E-state index contributed by atoms with van der Waals surface area (Å²) in [7, 11) is 0. The summed E-state index contributed by atoms with van der Waals surface area (Å²) in [6, 6.07) is 0.759. The summed E-state index contributed by atoms with van der Waals surface area (Å²) >= 11 is 0. The molecule has 0 spiro atoms. The Labute approximate surface area is 115 Å². The van der Waals surface area contributed by atoms with Crippen LogP contribution in [0.3, 0.4) is 0 Å². The van der Waals surface area contributed by atoms with E-state index in [0.717, 1.165) is 32.6 Å². The zero-order valence-corrected chi connectivity index (χ0v) is 12.4. The normalized spacial score (nSPS) is 29.1. The zero-order valence-electron chi connectivity index (χ0n) is 12.4. The molecule has 0 atom stereocenters. The predicted octanol–water partition coefficient (Wildman–Crippen LogP) is 1.67. The molecule has 1 aliphatic carbocycles. The van der Waals surface area contributed by atoms with E-state index in [9.17, 15) is 4.79 Å². The number of hydrogen-bond donors (Lipinski definition) is 2. The van der Waals surface area contributed by atoms with Gasteiger partial charge in [-0.1, -0.05) is 6.92 Å². The smallest absolute Gasteiger partial charge is 0.407 e. The van der Waals surface area contributed by atoms with Crippen LogP contribution in [0, 0.1) is 5.41 Å². The lowest BCUT2D eigenvalue weighted by Crippen LogP contribution is -2.56. The molecule has 1 heterocycles. The van der Waals surface area contributed by atoms with Gasteiger partial charge in [0.05, 0.1) is 13.2 Å². The van der Waals surface area contributed by atoms with Crippen LogP contribution in [0.5, 0.6) is 0 Å². The summed E-state index contributed by atoms with van der Waals surface area (Å²) in [5.74, 6) is 0. The third-order valence-corrected chi connectivity index (χ3v) is 3.58. The molecule has 1 saturated carbocycles. The number of carbonyl (C=O) groups is 1. The first-order valence-corrected chi connectivity index (χ1v) is 7.06. The summed E-state index contributed by atoms with van der Waals surface area (Å²) in [5, 5.41) is 6.44. The number of ether oxygens (including phenoxy) is 2. The average Bonchev–Trinajstić information content (AvgIpc) is 2.15. The van der Waals surface area contributed by atoms with E-state index in [1.807, 2.05) is 20.8 Å². The zero-order chi connectivity index (χ0) is 14.1. The molecule has 110 valence electrons. The number of amides is 1. The standard InChI is InChI=1S/C14H26N2O3/c1-13(2,3)19-12(17)16-11-5-10(6-11)15-7-14(4)8-18-9-14/h10-11,15H,5-9H2,1-4H3,(H,16,17).